The van der Waals surface area contributed by atoms with Crippen molar-refractivity contribution in [2.75, 3.05) is 0 Å². The molecule has 134 valence electrons. The van der Waals surface area contributed by atoms with Gasteiger partial charge in [-0.1, -0.05) is 23.7 Å². The predicted molar refractivity (Wildman–Crippen MR) is 107 cm³/mol. The minimum absolute atomic E-state index is 0.337. The van der Waals surface area contributed by atoms with Gasteiger partial charge in [-0.2, -0.15) is 0 Å². The second-order valence-electron chi connectivity index (χ2n) is 7.85. The Morgan fingerprint density at radius 2 is 2.00 bits per heavy atom. The van der Waals surface area contributed by atoms with E-state index in [2.05, 4.69) is 37.4 Å². The maximum absolute atomic E-state index is 6.52. The van der Waals surface area contributed by atoms with Crippen LogP contribution in [0.2, 0.25) is 5.02 Å². The Morgan fingerprint density at radius 3 is 2.76 bits per heavy atom. The lowest BCUT2D eigenvalue weighted by molar-refractivity contribution is -0.0791. The largest absolute Gasteiger partial charge is 0.370 e. The molecule has 4 rings (SSSR count). The highest BCUT2D eigenvalue weighted by atomic mass is 35.5. The monoisotopic (exact) mass is 374 g/mol. The first kappa shape index (κ1) is 17.6. The maximum Gasteiger partial charge on any atom is 0.0837 e. The number of aryl methyl sites for hydroxylation is 3. The van der Waals surface area contributed by atoms with Crippen LogP contribution >= 0.6 is 22.9 Å². The van der Waals surface area contributed by atoms with E-state index >= 15 is 0 Å². The molecule has 1 aliphatic heterocycles. The Hall–Kier alpha value is -0.830. The van der Waals surface area contributed by atoms with Crippen molar-refractivity contribution in [3.63, 3.8) is 0 Å². The molecule has 0 bridgehead atoms. The van der Waals surface area contributed by atoms with Crippen LogP contribution in [0, 0.1) is 25.7 Å². The third-order valence-electron chi connectivity index (χ3n) is 6.16. The molecule has 0 radical (unpaired) electrons. The quantitative estimate of drug-likeness (QED) is 0.565. The van der Waals surface area contributed by atoms with Gasteiger partial charge in [0.05, 0.1) is 12.2 Å². The second-order valence-corrected chi connectivity index (χ2v) is 9.38. The fraction of sp³-hybridized carbons (Fsp3) is 0.545. The number of thiophene rings is 1. The van der Waals surface area contributed by atoms with E-state index in [1.165, 1.54) is 60.1 Å². The summed E-state index contributed by atoms with van der Waals surface area (Å²) in [6.45, 7) is 4.28. The first-order valence-electron chi connectivity index (χ1n) is 9.55. The summed E-state index contributed by atoms with van der Waals surface area (Å²) in [6.07, 6.45) is 8.36. The van der Waals surface area contributed by atoms with E-state index in [0.29, 0.717) is 12.2 Å². The van der Waals surface area contributed by atoms with Crippen LogP contribution in [-0.4, -0.2) is 6.10 Å². The molecule has 25 heavy (non-hydrogen) atoms. The third-order valence-corrected chi connectivity index (χ3v) is 7.46. The maximum atomic E-state index is 6.52. The minimum Gasteiger partial charge on any atom is -0.370 e. The van der Waals surface area contributed by atoms with Crippen molar-refractivity contribution in [3.8, 4) is 0 Å². The molecule has 3 heteroatoms. The zero-order chi connectivity index (χ0) is 17.4. The van der Waals surface area contributed by atoms with Gasteiger partial charge in [0, 0.05) is 9.90 Å². The number of hydrogen-bond acceptors (Lipinski definition) is 2. The topological polar surface area (TPSA) is 9.23 Å². The van der Waals surface area contributed by atoms with Crippen LogP contribution in [0.4, 0.5) is 0 Å². The smallest absolute Gasteiger partial charge is 0.0837 e. The summed E-state index contributed by atoms with van der Waals surface area (Å²) in [7, 11) is 0. The molecule has 1 aromatic carbocycles. The van der Waals surface area contributed by atoms with Gasteiger partial charge >= 0.3 is 0 Å². The molecule has 4 atom stereocenters. The van der Waals surface area contributed by atoms with Gasteiger partial charge in [-0.25, -0.2) is 0 Å². The van der Waals surface area contributed by atoms with Crippen molar-refractivity contribution in [1.29, 1.82) is 0 Å². The second kappa shape index (κ2) is 7.42. The highest BCUT2D eigenvalue weighted by molar-refractivity contribution is 7.10. The van der Waals surface area contributed by atoms with Crippen LogP contribution in [0.3, 0.4) is 0 Å². The normalized spacial score (nSPS) is 28.9. The molecule has 1 aliphatic carbocycles. The van der Waals surface area contributed by atoms with E-state index in [9.17, 15) is 0 Å². The van der Waals surface area contributed by atoms with Gasteiger partial charge in [0.2, 0.25) is 0 Å². The highest BCUT2D eigenvalue weighted by Crippen LogP contribution is 2.47. The summed E-state index contributed by atoms with van der Waals surface area (Å²) < 4.78 is 6.52. The number of halogens is 1. The molecule has 2 aromatic rings. The molecule has 1 saturated heterocycles. The van der Waals surface area contributed by atoms with Crippen molar-refractivity contribution < 1.29 is 4.74 Å². The number of ether oxygens (including phenoxy) is 1. The number of rotatable bonds is 4. The average Bonchev–Trinajstić information content (AvgIpc) is 3.21. The molecular formula is C22H27ClOS. The van der Waals surface area contributed by atoms with Crippen molar-refractivity contribution in [1.82, 2.24) is 0 Å². The Balaban J connectivity index is 1.34. The molecule has 0 spiro atoms. The zero-order valence-corrected chi connectivity index (χ0v) is 16.7. The van der Waals surface area contributed by atoms with E-state index in [1.54, 1.807) is 0 Å². The van der Waals surface area contributed by atoms with Gasteiger partial charge in [-0.15, -0.1) is 11.3 Å². The lowest BCUT2D eigenvalue weighted by Crippen LogP contribution is -2.30. The number of hydrogen-bond donors (Lipinski definition) is 0. The van der Waals surface area contributed by atoms with E-state index in [1.807, 2.05) is 17.4 Å². The summed E-state index contributed by atoms with van der Waals surface area (Å²) in [4.78, 5) is 1.39. The standard InChI is InChI=1S/C22H27ClOS/c1-14-11-16(4-8-20(14)23)3-5-17-6-9-22-19(17)7-10-21(24-22)18-12-15(2)25-13-18/h4,8,11-13,17,19,21-22H,3,5-7,9-10H2,1-2H3/t17?,19-,21?,22+/m1/s1. The number of fused-ring (bicyclic) bond motifs is 1. The van der Waals surface area contributed by atoms with Crippen LogP contribution in [-0.2, 0) is 11.2 Å². The summed E-state index contributed by atoms with van der Waals surface area (Å²) in [5, 5.41) is 3.16. The Labute approximate surface area is 160 Å². The van der Waals surface area contributed by atoms with Crippen LogP contribution in [0.25, 0.3) is 0 Å². The molecule has 2 fully saturated rings. The molecule has 1 nitrogen and oxygen atoms in total. The predicted octanol–water partition coefficient (Wildman–Crippen LogP) is 6.90. The molecule has 1 aromatic heterocycles. The zero-order valence-electron chi connectivity index (χ0n) is 15.1. The van der Waals surface area contributed by atoms with E-state index < -0.39 is 0 Å². The van der Waals surface area contributed by atoms with Crippen molar-refractivity contribution in [2.24, 2.45) is 11.8 Å². The molecule has 0 amide bonds. The van der Waals surface area contributed by atoms with Gasteiger partial charge < -0.3 is 4.74 Å². The van der Waals surface area contributed by atoms with E-state index in [4.69, 9.17) is 16.3 Å². The summed E-state index contributed by atoms with van der Waals surface area (Å²) in [5.41, 5.74) is 4.02. The molecule has 2 unspecified atom stereocenters. The molecule has 2 aliphatic rings. The summed E-state index contributed by atoms with van der Waals surface area (Å²) in [5.74, 6) is 1.59. The van der Waals surface area contributed by atoms with Crippen LogP contribution in [0.5, 0.6) is 0 Å². The van der Waals surface area contributed by atoms with Crippen LogP contribution in [0.15, 0.2) is 29.6 Å². The lowest BCUT2D eigenvalue weighted by atomic mass is 9.83. The molecule has 1 saturated carbocycles. The van der Waals surface area contributed by atoms with E-state index in [-0.39, 0.29) is 0 Å². The van der Waals surface area contributed by atoms with Gasteiger partial charge in [0.25, 0.3) is 0 Å². The minimum atomic E-state index is 0.337. The highest BCUT2D eigenvalue weighted by Gasteiger charge is 2.41. The Morgan fingerprint density at radius 1 is 1.12 bits per heavy atom. The molecule has 0 N–H and O–H groups in total. The first-order chi connectivity index (χ1) is 12.1. The van der Waals surface area contributed by atoms with Crippen molar-refractivity contribution >= 4 is 22.9 Å². The fourth-order valence-electron chi connectivity index (χ4n) is 4.77. The SMILES string of the molecule is Cc1cc(C2CC[C@@H]3C(CCc4ccc(Cl)c(C)c4)CC[C@@H]3O2)cs1. The van der Waals surface area contributed by atoms with Crippen molar-refractivity contribution in [3.05, 3.63) is 56.2 Å². The Bertz CT molecular complexity index is 737. The third kappa shape index (κ3) is 3.82. The number of benzene rings is 1. The van der Waals surface area contributed by atoms with Crippen LogP contribution < -0.4 is 0 Å². The lowest BCUT2D eigenvalue weighted by Gasteiger charge is -2.35. The summed E-state index contributed by atoms with van der Waals surface area (Å²) >= 11 is 7.99. The molecule has 2 heterocycles. The van der Waals surface area contributed by atoms with E-state index in [0.717, 1.165) is 16.9 Å². The van der Waals surface area contributed by atoms with Gasteiger partial charge in [-0.3, -0.25) is 0 Å². The van der Waals surface area contributed by atoms with Crippen LogP contribution in [0.1, 0.15) is 59.8 Å². The van der Waals surface area contributed by atoms with Gasteiger partial charge in [0.15, 0.2) is 0 Å². The summed E-state index contributed by atoms with van der Waals surface area (Å²) in [6, 6.07) is 8.79. The average molecular weight is 375 g/mol. The molecular weight excluding hydrogens is 348 g/mol. The van der Waals surface area contributed by atoms with Gasteiger partial charge in [-0.05, 0) is 98.4 Å². The Kier molecular flexibility index (Phi) is 5.22. The van der Waals surface area contributed by atoms with Gasteiger partial charge in [0.1, 0.15) is 0 Å². The fourth-order valence-corrected chi connectivity index (χ4v) is 5.64. The first-order valence-corrected chi connectivity index (χ1v) is 10.8. The van der Waals surface area contributed by atoms with Crippen molar-refractivity contribution in [2.45, 2.75) is 64.6 Å².